The second-order valence-corrected chi connectivity index (χ2v) is 4.12. The molecule has 0 amide bonds. The van der Waals surface area contributed by atoms with Gasteiger partial charge in [0.2, 0.25) is 0 Å². The molecule has 2 rings (SSSR count). The molecule has 2 heteroatoms. The molecular weight excluding hydrogens is 152 g/mol. The van der Waals surface area contributed by atoms with Crippen LogP contribution < -0.4 is 0 Å². The van der Waals surface area contributed by atoms with E-state index >= 15 is 0 Å². The number of allylic oxidation sites excluding steroid dienone is 1. The summed E-state index contributed by atoms with van der Waals surface area (Å²) in [4.78, 5) is 11.5. The number of carbonyl (C=O) groups is 1. The van der Waals surface area contributed by atoms with Crippen LogP contribution >= 0.6 is 0 Å². The summed E-state index contributed by atoms with van der Waals surface area (Å²) in [5, 5.41) is 0. The Kier molecular flexibility index (Phi) is 1.46. The number of ketones is 1. The van der Waals surface area contributed by atoms with Crippen LogP contribution in [0.2, 0.25) is 0 Å². The molecular formula is C10H14O2. The summed E-state index contributed by atoms with van der Waals surface area (Å²) in [6, 6.07) is 0. The quantitative estimate of drug-likeness (QED) is 0.438. The first-order valence-corrected chi connectivity index (χ1v) is 4.40. The molecule has 1 heterocycles. The average Bonchev–Trinajstić information content (AvgIpc) is 2.62. The van der Waals surface area contributed by atoms with Crippen molar-refractivity contribution in [3.8, 4) is 0 Å². The van der Waals surface area contributed by atoms with E-state index in [2.05, 4.69) is 6.58 Å². The second-order valence-electron chi connectivity index (χ2n) is 4.12. The van der Waals surface area contributed by atoms with Gasteiger partial charge in [-0.25, -0.2) is 0 Å². The third-order valence-electron chi connectivity index (χ3n) is 3.13. The zero-order chi connectivity index (χ0) is 8.93. The van der Waals surface area contributed by atoms with E-state index in [0.717, 1.165) is 12.0 Å². The molecule has 2 aliphatic rings. The minimum Gasteiger partial charge on any atom is -0.358 e. The van der Waals surface area contributed by atoms with Gasteiger partial charge in [-0.05, 0) is 26.2 Å². The van der Waals surface area contributed by atoms with Crippen LogP contribution in [-0.4, -0.2) is 17.5 Å². The van der Waals surface area contributed by atoms with Crippen LogP contribution in [0.1, 0.15) is 26.7 Å². The smallest absolute Gasteiger partial charge is 0.167 e. The van der Waals surface area contributed by atoms with Gasteiger partial charge in [-0.15, -0.1) is 0 Å². The van der Waals surface area contributed by atoms with Crippen molar-refractivity contribution >= 4 is 5.78 Å². The molecule has 0 aromatic carbocycles. The van der Waals surface area contributed by atoms with Crippen molar-refractivity contribution < 1.29 is 9.53 Å². The molecule has 0 aromatic rings. The number of hydrogen-bond donors (Lipinski definition) is 0. The lowest BCUT2D eigenvalue weighted by molar-refractivity contribution is -0.124. The third kappa shape index (κ3) is 0.944. The molecule has 1 aliphatic carbocycles. The summed E-state index contributed by atoms with van der Waals surface area (Å²) in [7, 11) is 0. The Bertz CT molecular complexity index is 257. The van der Waals surface area contributed by atoms with Crippen LogP contribution in [-0.2, 0) is 9.53 Å². The molecule has 1 saturated carbocycles. The molecule has 2 nitrogen and oxygen atoms in total. The number of epoxide rings is 1. The molecule has 2 unspecified atom stereocenters. The molecule has 2 fully saturated rings. The summed E-state index contributed by atoms with van der Waals surface area (Å²) in [5.41, 5.74) is 0.701. The maximum atomic E-state index is 11.5. The van der Waals surface area contributed by atoms with Crippen LogP contribution in [0.15, 0.2) is 12.2 Å². The van der Waals surface area contributed by atoms with E-state index in [1.165, 1.54) is 0 Å². The van der Waals surface area contributed by atoms with Crippen LogP contribution in [0.5, 0.6) is 0 Å². The normalized spacial score (nSPS) is 45.3. The number of hydrogen-bond acceptors (Lipinski definition) is 2. The van der Waals surface area contributed by atoms with E-state index < -0.39 is 5.60 Å². The Morgan fingerprint density at radius 1 is 1.75 bits per heavy atom. The van der Waals surface area contributed by atoms with Crippen LogP contribution in [0, 0.1) is 5.92 Å². The van der Waals surface area contributed by atoms with Gasteiger partial charge in [-0.2, -0.15) is 0 Å². The Balaban J connectivity index is 2.12. The summed E-state index contributed by atoms with van der Waals surface area (Å²) < 4.78 is 5.37. The summed E-state index contributed by atoms with van der Waals surface area (Å²) in [6.45, 7) is 7.77. The summed E-state index contributed by atoms with van der Waals surface area (Å²) in [6.07, 6.45) is 1.79. The number of rotatable bonds is 1. The van der Waals surface area contributed by atoms with Gasteiger partial charge in [0.05, 0.1) is 6.10 Å². The maximum absolute atomic E-state index is 11.5. The highest BCUT2D eigenvalue weighted by atomic mass is 16.6. The number of Topliss-reactive ketones (excluding diaryl/α,β-unsaturated/α-hetero) is 1. The molecule has 0 radical (unpaired) electrons. The van der Waals surface area contributed by atoms with Gasteiger partial charge in [-0.1, -0.05) is 12.2 Å². The van der Waals surface area contributed by atoms with Crippen molar-refractivity contribution in [2.45, 2.75) is 38.4 Å². The fraction of sp³-hybridized carbons (Fsp3) is 0.700. The van der Waals surface area contributed by atoms with E-state index in [4.69, 9.17) is 4.74 Å². The first-order chi connectivity index (χ1) is 5.54. The Morgan fingerprint density at radius 3 is 2.92 bits per heavy atom. The highest BCUT2D eigenvalue weighted by Crippen LogP contribution is 2.48. The first-order valence-electron chi connectivity index (χ1n) is 4.40. The van der Waals surface area contributed by atoms with Crippen LogP contribution in [0.25, 0.3) is 0 Å². The summed E-state index contributed by atoms with van der Waals surface area (Å²) in [5.74, 6) is 0.616. The molecule has 0 bridgehead atoms. The van der Waals surface area contributed by atoms with Crippen LogP contribution in [0.4, 0.5) is 0 Å². The van der Waals surface area contributed by atoms with Gasteiger partial charge in [-0.3, -0.25) is 4.79 Å². The minimum absolute atomic E-state index is 0.181. The van der Waals surface area contributed by atoms with Crippen molar-refractivity contribution in [1.29, 1.82) is 0 Å². The van der Waals surface area contributed by atoms with E-state index in [9.17, 15) is 4.79 Å². The van der Waals surface area contributed by atoms with Gasteiger partial charge >= 0.3 is 0 Å². The minimum atomic E-state index is -0.411. The lowest BCUT2D eigenvalue weighted by Gasteiger charge is -2.21. The van der Waals surface area contributed by atoms with Crippen molar-refractivity contribution in [1.82, 2.24) is 0 Å². The van der Waals surface area contributed by atoms with Gasteiger partial charge in [0.15, 0.2) is 5.78 Å². The lowest BCUT2D eigenvalue weighted by atomic mass is 9.79. The van der Waals surface area contributed by atoms with E-state index in [-0.39, 0.29) is 11.9 Å². The first kappa shape index (κ1) is 7.99. The third-order valence-corrected chi connectivity index (χ3v) is 3.13. The van der Waals surface area contributed by atoms with Crippen molar-refractivity contribution in [2.24, 2.45) is 5.92 Å². The van der Waals surface area contributed by atoms with Gasteiger partial charge in [0.1, 0.15) is 5.60 Å². The van der Waals surface area contributed by atoms with Gasteiger partial charge in [0, 0.05) is 6.42 Å². The molecule has 12 heavy (non-hydrogen) atoms. The highest BCUT2D eigenvalue weighted by Gasteiger charge is 2.61. The predicted octanol–water partition coefficient (Wildman–Crippen LogP) is 1.70. The monoisotopic (exact) mass is 166 g/mol. The zero-order valence-electron chi connectivity index (χ0n) is 7.59. The Labute approximate surface area is 72.6 Å². The van der Waals surface area contributed by atoms with Crippen LogP contribution in [0.3, 0.4) is 0 Å². The molecule has 0 N–H and O–H groups in total. The van der Waals surface area contributed by atoms with Crippen molar-refractivity contribution in [3.63, 3.8) is 0 Å². The Morgan fingerprint density at radius 2 is 2.42 bits per heavy atom. The fourth-order valence-corrected chi connectivity index (χ4v) is 1.92. The second kappa shape index (κ2) is 2.19. The molecule has 0 spiro atoms. The number of ether oxygens (including phenoxy) is 1. The molecule has 0 aromatic heterocycles. The largest absolute Gasteiger partial charge is 0.358 e. The highest BCUT2D eigenvalue weighted by molar-refractivity contribution is 5.91. The number of fused-ring (bicyclic) bond motifs is 1. The van der Waals surface area contributed by atoms with Crippen molar-refractivity contribution in [3.05, 3.63) is 12.2 Å². The lowest BCUT2D eigenvalue weighted by Crippen LogP contribution is -2.32. The Hall–Kier alpha value is -0.630. The fourth-order valence-electron chi connectivity index (χ4n) is 1.92. The molecule has 3 atom stereocenters. The number of carbonyl (C=O) groups excluding carboxylic acids is 1. The van der Waals surface area contributed by atoms with E-state index in [1.54, 1.807) is 0 Å². The van der Waals surface area contributed by atoms with Gasteiger partial charge in [0.25, 0.3) is 0 Å². The molecule has 1 aliphatic heterocycles. The van der Waals surface area contributed by atoms with E-state index in [1.807, 2.05) is 13.8 Å². The average molecular weight is 166 g/mol. The summed E-state index contributed by atoms with van der Waals surface area (Å²) >= 11 is 0. The van der Waals surface area contributed by atoms with Gasteiger partial charge < -0.3 is 4.74 Å². The topological polar surface area (TPSA) is 29.6 Å². The standard InChI is InChI=1S/C10H14O2/c1-6(2)7-4-8(11)10(3)9(5-7)12-10/h7,9H,1,4-5H2,2-3H3/t7?,9?,10-/m1/s1. The molecule has 66 valence electrons. The predicted molar refractivity (Wildman–Crippen MR) is 45.8 cm³/mol. The SMILES string of the molecule is C=C(C)C1CC(=O)[C@@]2(C)OC2C1. The molecule has 1 saturated heterocycles. The zero-order valence-corrected chi connectivity index (χ0v) is 7.59. The van der Waals surface area contributed by atoms with Crippen molar-refractivity contribution in [2.75, 3.05) is 0 Å². The maximum Gasteiger partial charge on any atom is 0.167 e. The van der Waals surface area contributed by atoms with E-state index in [0.29, 0.717) is 12.3 Å².